The minimum Gasteiger partial charge on any atom is -0.487 e. The minimum absolute atomic E-state index is 0.0553. The SMILES string of the molecule is CCOc1ccc(C(=O)Nc2nc(-c3ccc(F)c(F)c3)cs2)cc1[N+](=O)[O-]. The predicted molar refractivity (Wildman–Crippen MR) is 99.7 cm³/mol. The molecule has 0 unspecified atom stereocenters. The zero-order chi connectivity index (χ0) is 20.3. The lowest BCUT2D eigenvalue weighted by molar-refractivity contribution is -0.385. The molecule has 3 aromatic rings. The highest BCUT2D eigenvalue weighted by molar-refractivity contribution is 7.14. The Bertz CT molecular complexity index is 1060. The van der Waals surface area contributed by atoms with Gasteiger partial charge in [-0.3, -0.25) is 20.2 Å². The Balaban J connectivity index is 1.80. The summed E-state index contributed by atoms with van der Waals surface area (Å²) in [6, 6.07) is 7.23. The van der Waals surface area contributed by atoms with Crippen LogP contribution >= 0.6 is 11.3 Å². The molecule has 3 rings (SSSR count). The van der Waals surface area contributed by atoms with Crippen LogP contribution in [0.3, 0.4) is 0 Å². The van der Waals surface area contributed by atoms with Gasteiger partial charge in [0.05, 0.1) is 17.2 Å². The van der Waals surface area contributed by atoms with Crippen LogP contribution in [-0.4, -0.2) is 22.4 Å². The monoisotopic (exact) mass is 405 g/mol. The summed E-state index contributed by atoms with van der Waals surface area (Å²) in [6.07, 6.45) is 0. The lowest BCUT2D eigenvalue weighted by Gasteiger charge is -2.06. The van der Waals surface area contributed by atoms with E-state index in [1.54, 1.807) is 12.3 Å². The molecule has 10 heteroatoms. The van der Waals surface area contributed by atoms with Gasteiger partial charge in [0.25, 0.3) is 5.91 Å². The van der Waals surface area contributed by atoms with E-state index in [4.69, 9.17) is 4.74 Å². The molecule has 0 fully saturated rings. The molecule has 1 heterocycles. The number of rotatable bonds is 6. The van der Waals surface area contributed by atoms with Crippen LogP contribution in [0.15, 0.2) is 41.8 Å². The molecule has 28 heavy (non-hydrogen) atoms. The van der Waals surface area contributed by atoms with Crippen molar-refractivity contribution in [1.29, 1.82) is 0 Å². The Morgan fingerprint density at radius 1 is 1.25 bits per heavy atom. The second-order valence-electron chi connectivity index (χ2n) is 5.49. The highest BCUT2D eigenvalue weighted by Crippen LogP contribution is 2.29. The Hall–Kier alpha value is -3.40. The van der Waals surface area contributed by atoms with Crippen LogP contribution in [0.4, 0.5) is 19.6 Å². The molecule has 0 spiro atoms. The van der Waals surface area contributed by atoms with Crippen molar-refractivity contribution in [2.45, 2.75) is 6.92 Å². The van der Waals surface area contributed by atoms with Gasteiger partial charge in [-0.1, -0.05) is 0 Å². The molecule has 0 bridgehead atoms. The van der Waals surface area contributed by atoms with Gasteiger partial charge in [-0.05, 0) is 37.3 Å². The zero-order valence-corrected chi connectivity index (χ0v) is 15.3. The number of carbonyl (C=O) groups is 1. The number of nitro benzene ring substituents is 1. The molecule has 0 atom stereocenters. The highest BCUT2D eigenvalue weighted by Gasteiger charge is 2.19. The van der Waals surface area contributed by atoms with Gasteiger partial charge in [-0.15, -0.1) is 11.3 Å². The Morgan fingerprint density at radius 2 is 2.04 bits per heavy atom. The van der Waals surface area contributed by atoms with E-state index >= 15 is 0 Å². The quantitative estimate of drug-likeness (QED) is 0.476. The van der Waals surface area contributed by atoms with Crippen molar-refractivity contribution in [2.75, 3.05) is 11.9 Å². The van der Waals surface area contributed by atoms with E-state index in [-0.39, 0.29) is 28.7 Å². The number of amides is 1. The lowest BCUT2D eigenvalue weighted by Crippen LogP contribution is -2.12. The number of ether oxygens (including phenoxy) is 1. The first-order valence-corrected chi connectivity index (χ1v) is 8.90. The molecule has 0 saturated heterocycles. The summed E-state index contributed by atoms with van der Waals surface area (Å²) in [7, 11) is 0. The van der Waals surface area contributed by atoms with Crippen molar-refractivity contribution < 1.29 is 23.2 Å². The van der Waals surface area contributed by atoms with Crippen molar-refractivity contribution in [2.24, 2.45) is 0 Å². The van der Waals surface area contributed by atoms with E-state index < -0.39 is 22.5 Å². The van der Waals surface area contributed by atoms with Crippen LogP contribution in [0, 0.1) is 21.7 Å². The molecule has 0 saturated carbocycles. The number of hydrogen-bond donors (Lipinski definition) is 1. The van der Waals surface area contributed by atoms with E-state index in [0.717, 1.165) is 29.5 Å². The average molecular weight is 405 g/mol. The number of nitro groups is 1. The van der Waals surface area contributed by atoms with Crippen molar-refractivity contribution in [3.05, 3.63) is 69.1 Å². The molecule has 7 nitrogen and oxygen atoms in total. The van der Waals surface area contributed by atoms with Gasteiger partial charge in [0.1, 0.15) is 0 Å². The van der Waals surface area contributed by atoms with Gasteiger partial charge in [-0.2, -0.15) is 0 Å². The number of thiazole rings is 1. The van der Waals surface area contributed by atoms with Gasteiger partial charge in [-0.25, -0.2) is 13.8 Å². The largest absolute Gasteiger partial charge is 0.487 e. The second kappa shape index (κ2) is 8.09. The summed E-state index contributed by atoms with van der Waals surface area (Å²) in [5.41, 5.74) is 0.445. The number of aromatic nitrogens is 1. The Morgan fingerprint density at radius 3 is 2.71 bits per heavy atom. The minimum atomic E-state index is -1.00. The van der Waals surface area contributed by atoms with Crippen LogP contribution in [-0.2, 0) is 0 Å². The smallest absolute Gasteiger partial charge is 0.311 e. The highest BCUT2D eigenvalue weighted by atomic mass is 32.1. The molecular weight excluding hydrogens is 392 g/mol. The molecular formula is C18H13F2N3O4S. The van der Waals surface area contributed by atoms with E-state index in [1.165, 1.54) is 18.2 Å². The van der Waals surface area contributed by atoms with Crippen molar-refractivity contribution in [3.63, 3.8) is 0 Å². The first-order valence-electron chi connectivity index (χ1n) is 8.02. The maximum absolute atomic E-state index is 13.4. The molecule has 144 valence electrons. The molecule has 0 aliphatic heterocycles. The zero-order valence-electron chi connectivity index (χ0n) is 14.4. The topological polar surface area (TPSA) is 94.4 Å². The van der Waals surface area contributed by atoms with Gasteiger partial charge < -0.3 is 4.74 Å². The van der Waals surface area contributed by atoms with E-state index in [0.29, 0.717) is 11.3 Å². The first kappa shape index (κ1) is 19.4. The van der Waals surface area contributed by atoms with Crippen LogP contribution in [0.25, 0.3) is 11.3 Å². The maximum atomic E-state index is 13.4. The summed E-state index contributed by atoms with van der Waals surface area (Å²) in [6.45, 7) is 1.94. The number of halogens is 2. The normalized spacial score (nSPS) is 10.5. The van der Waals surface area contributed by atoms with Gasteiger partial charge in [0.15, 0.2) is 22.5 Å². The summed E-state index contributed by atoms with van der Waals surface area (Å²) in [5.74, 6) is -2.50. The van der Waals surface area contributed by atoms with Crippen molar-refractivity contribution in [3.8, 4) is 17.0 Å². The molecule has 1 amide bonds. The predicted octanol–water partition coefficient (Wildman–Crippen LogP) is 4.65. The number of hydrogen-bond acceptors (Lipinski definition) is 6. The maximum Gasteiger partial charge on any atom is 0.311 e. The fourth-order valence-electron chi connectivity index (χ4n) is 2.37. The van der Waals surface area contributed by atoms with E-state index in [2.05, 4.69) is 10.3 Å². The third kappa shape index (κ3) is 4.12. The van der Waals surface area contributed by atoms with Crippen LogP contribution in [0.1, 0.15) is 17.3 Å². The molecule has 0 aliphatic carbocycles. The number of anilines is 1. The molecule has 2 aromatic carbocycles. The Labute approximate surface area is 161 Å². The van der Waals surface area contributed by atoms with E-state index in [1.807, 2.05) is 0 Å². The Kier molecular flexibility index (Phi) is 5.59. The van der Waals surface area contributed by atoms with E-state index in [9.17, 15) is 23.7 Å². The second-order valence-corrected chi connectivity index (χ2v) is 6.35. The molecule has 1 aromatic heterocycles. The van der Waals surface area contributed by atoms with Gasteiger partial charge >= 0.3 is 5.69 Å². The van der Waals surface area contributed by atoms with Crippen LogP contribution in [0.5, 0.6) is 5.75 Å². The van der Waals surface area contributed by atoms with Gasteiger partial charge in [0, 0.05) is 22.6 Å². The molecule has 1 N–H and O–H groups in total. The van der Waals surface area contributed by atoms with Crippen LogP contribution in [0.2, 0.25) is 0 Å². The number of nitrogens with zero attached hydrogens (tertiary/aromatic N) is 2. The number of carbonyl (C=O) groups excluding carboxylic acids is 1. The molecule has 0 radical (unpaired) electrons. The fourth-order valence-corrected chi connectivity index (χ4v) is 3.08. The lowest BCUT2D eigenvalue weighted by atomic mass is 10.1. The number of nitrogens with one attached hydrogen (secondary N) is 1. The molecule has 0 aliphatic rings. The van der Waals surface area contributed by atoms with Crippen LogP contribution < -0.4 is 10.1 Å². The van der Waals surface area contributed by atoms with Gasteiger partial charge in [0.2, 0.25) is 0 Å². The number of benzene rings is 2. The van der Waals surface area contributed by atoms with Crippen molar-refractivity contribution in [1.82, 2.24) is 4.98 Å². The third-order valence-electron chi connectivity index (χ3n) is 3.66. The summed E-state index contributed by atoms with van der Waals surface area (Å²) >= 11 is 1.08. The third-order valence-corrected chi connectivity index (χ3v) is 4.42. The average Bonchev–Trinajstić information content (AvgIpc) is 3.12. The summed E-state index contributed by atoms with van der Waals surface area (Å²) in [5, 5.41) is 15.5. The van der Waals surface area contributed by atoms with Crippen molar-refractivity contribution >= 4 is 28.1 Å². The summed E-state index contributed by atoms with van der Waals surface area (Å²) < 4.78 is 31.6. The fraction of sp³-hybridized carbons (Fsp3) is 0.111. The first-order chi connectivity index (χ1) is 13.4. The summed E-state index contributed by atoms with van der Waals surface area (Å²) in [4.78, 5) is 27.1. The standard InChI is InChI=1S/C18H13F2N3O4S/c1-2-27-16-6-4-11(8-15(16)23(25)26)17(24)22-18-21-14(9-28-18)10-3-5-12(19)13(20)7-10/h3-9H,2H2,1H3,(H,21,22,24).